The normalized spacial score (nSPS) is 8.91. The third-order valence-corrected chi connectivity index (χ3v) is 1.21. The van der Waals surface area contributed by atoms with Gasteiger partial charge in [-0.15, -0.1) is 0 Å². The second kappa shape index (κ2) is 5.77. The first-order valence-corrected chi connectivity index (χ1v) is 3.62. The first-order valence-electron chi connectivity index (χ1n) is 3.62. The van der Waals surface area contributed by atoms with Gasteiger partial charge in [0.05, 0.1) is 13.7 Å². The van der Waals surface area contributed by atoms with Crippen LogP contribution in [-0.2, 0) is 14.3 Å². The monoisotopic (exact) mass is 158 g/mol. The van der Waals surface area contributed by atoms with E-state index in [2.05, 4.69) is 11.3 Å². The first kappa shape index (κ1) is 10.0. The minimum absolute atomic E-state index is 0.0566. The van der Waals surface area contributed by atoms with Gasteiger partial charge in [0.1, 0.15) is 0 Å². The summed E-state index contributed by atoms with van der Waals surface area (Å²) >= 11 is 0. The van der Waals surface area contributed by atoms with Crippen molar-refractivity contribution in [2.24, 2.45) is 0 Å². The molecule has 0 amide bonds. The van der Waals surface area contributed by atoms with E-state index in [1.807, 2.05) is 6.92 Å². The molecule has 3 heteroatoms. The number of ether oxygens (including phenoxy) is 2. The molecule has 11 heavy (non-hydrogen) atoms. The number of methoxy groups -OCH3 is 1. The van der Waals surface area contributed by atoms with E-state index in [4.69, 9.17) is 4.74 Å². The Hall–Kier alpha value is -0.990. The lowest BCUT2D eigenvalue weighted by molar-refractivity contribution is -0.142. The molecule has 3 nitrogen and oxygen atoms in total. The Bertz CT molecular complexity index is 140. The Kier molecular flexibility index (Phi) is 5.25. The van der Waals surface area contributed by atoms with Crippen LogP contribution in [-0.4, -0.2) is 19.7 Å². The van der Waals surface area contributed by atoms with Crippen LogP contribution < -0.4 is 0 Å². The molecule has 0 aromatic heterocycles. The van der Waals surface area contributed by atoms with Crippen LogP contribution in [0, 0.1) is 0 Å². The number of carbonyl (C=O) groups excluding carboxylic acids is 1. The van der Waals surface area contributed by atoms with Crippen LogP contribution in [0.2, 0.25) is 0 Å². The van der Waals surface area contributed by atoms with E-state index < -0.39 is 5.97 Å². The van der Waals surface area contributed by atoms with Crippen LogP contribution >= 0.6 is 0 Å². The van der Waals surface area contributed by atoms with Crippen molar-refractivity contribution in [2.75, 3.05) is 13.7 Å². The van der Waals surface area contributed by atoms with Crippen molar-refractivity contribution in [2.45, 2.75) is 19.8 Å². The van der Waals surface area contributed by atoms with Gasteiger partial charge in [-0.1, -0.05) is 13.3 Å². The Balaban J connectivity index is 3.44. The molecule has 0 aliphatic heterocycles. The van der Waals surface area contributed by atoms with Crippen molar-refractivity contribution in [3.05, 3.63) is 12.3 Å². The molecule has 0 heterocycles. The predicted molar refractivity (Wildman–Crippen MR) is 42.0 cm³/mol. The highest BCUT2D eigenvalue weighted by molar-refractivity contribution is 5.85. The van der Waals surface area contributed by atoms with Gasteiger partial charge in [-0.3, -0.25) is 0 Å². The van der Waals surface area contributed by atoms with Gasteiger partial charge >= 0.3 is 5.97 Å². The molecule has 0 unspecified atom stereocenters. The molecule has 0 fully saturated rings. The summed E-state index contributed by atoms with van der Waals surface area (Å²) in [4.78, 5) is 10.8. The SMILES string of the molecule is C=C(OC)C(=O)OCCCC. The number of carbonyl (C=O) groups is 1. The number of esters is 1. The van der Waals surface area contributed by atoms with Crippen LogP contribution in [0.1, 0.15) is 19.8 Å². The van der Waals surface area contributed by atoms with E-state index in [0.29, 0.717) is 6.61 Å². The molecule has 0 aliphatic rings. The summed E-state index contributed by atoms with van der Waals surface area (Å²) in [6.45, 7) is 5.82. The quantitative estimate of drug-likeness (QED) is 0.263. The smallest absolute Gasteiger partial charge is 0.372 e. The van der Waals surface area contributed by atoms with Gasteiger partial charge < -0.3 is 9.47 Å². The maximum atomic E-state index is 10.8. The molecule has 0 rings (SSSR count). The van der Waals surface area contributed by atoms with Crippen LogP contribution in [0.25, 0.3) is 0 Å². The maximum Gasteiger partial charge on any atom is 0.372 e. The van der Waals surface area contributed by atoms with Gasteiger partial charge in [-0.2, -0.15) is 0 Å². The highest BCUT2D eigenvalue weighted by Gasteiger charge is 2.06. The van der Waals surface area contributed by atoms with Gasteiger partial charge in [0.15, 0.2) is 5.76 Å². The predicted octanol–water partition coefficient (Wildman–Crippen LogP) is 1.49. The molecule has 0 aromatic carbocycles. The van der Waals surface area contributed by atoms with Gasteiger partial charge in [-0.25, -0.2) is 4.79 Å². The first-order chi connectivity index (χ1) is 5.22. The third kappa shape index (κ3) is 4.42. The number of rotatable bonds is 5. The molecule has 0 N–H and O–H groups in total. The van der Waals surface area contributed by atoms with Gasteiger partial charge in [0.25, 0.3) is 0 Å². The zero-order valence-electron chi connectivity index (χ0n) is 7.05. The van der Waals surface area contributed by atoms with Crippen LogP contribution in [0.15, 0.2) is 12.3 Å². The fourth-order valence-corrected chi connectivity index (χ4v) is 0.473. The van der Waals surface area contributed by atoms with E-state index in [1.165, 1.54) is 7.11 Å². The molecule has 0 bridgehead atoms. The number of unbranched alkanes of at least 4 members (excludes halogenated alkanes) is 1. The summed E-state index contributed by atoms with van der Waals surface area (Å²) in [7, 11) is 1.39. The van der Waals surface area contributed by atoms with Crippen LogP contribution in [0.3, 0.4) is 0 Å². The van der Waals surface area contributed by atoms with Crippen LogP contribution in [0.4, 0.5) is 0 Å². The van der Waals surface area contributed by atoms with E-state index in [-0.39, 0.29) is 5.76 Å². The van der Waals surface area contributed by atoms with Crippen molar-refractivity contribution in [1.29, 1.82) is 0 Å². The van der Waals surface area contributed by atoms with Crippen molar-refractivity contribution in [3.63, 3.8) is 0 Å². The molecule has 64 valence electrons. The third-order valence-electron chi connectivity index (χ3n) is 1.21. The summed E-state index contributed by atoms with van der Waals surface area (Å²) in [6, 6.07) is 0. The Morgan fingerprint density at radius 2 is 2.18 bits per heavy atom. The van der Waals surface area contributed by atoms with Gasteiger partial charge in [0, 0.05) is 0 Å². The van der Waals surface area contributed by atoms with Crippen molar-refractivity contribution >= 4 is 5.97 Å². The fourth-order valence-electron chi connectivity index (χ4n) is 0.473. The average Bonchev–Trinajstić information content (AvgIpc) is 2.03. The molecule has 0 radical (unpaired) electrons. The summed E-state index contributed by atoms with van der Waals surface area (Å²) in [5, 5.41) is 0. The molecular formula is C8H14O3. The number of hydrogen-bond donors (Lipinski definition) is 0. The topological polar surface area (TPSA) is 35.5 Å². The molecule has 0 atom stereocenters. The summed E-state index contributed by atoms with van der Waals surface area (Å²) in [5.74, 6) is -0.415. The Morgan fingerprint density at radius 3 is 2.64 bits per heavy atom. The highest BCUT2D eigenvalue weighted by atomic mass is 16.6. The summed E-state index contributed by atoms with van der Waals surface area (Å²) in [5.41, 5.74) is 0. The van der Waals surface area contributed by atoms with Crippen molar-refractivity contribution in [3.8, 4) is 0 Å². The van der Waals surface area contributed by atoms with E-state index in [1.54, 1.807) is 0 Å². The lowest BCUT2D eigenvalue weighted by Crippen LogP contribution is -2.09. The summed E-state index contributed by atoms with van der Waals surface area (Å²) < 4.78 is 9.35. The minimum Gasteiger partial charge on any atom is -0.490 e. The minimum atomic E-state index is -0.471. The zero-order valence-corrected chi connectivity index (χ0v) is 7.05. The fraction of sp³-hybridized carbons (Fsp3) is 0.625. The standard InChI is InChI=1S/C8H14O3/c1-4-5-6-11-8(9)7(2)10-3/h2,4-6H2,1,3H3. The maximum absolute atomic E-state index is 10.8. The average molecular weight is 158 g/mol. The highest BCUT2D eigenvalue weighted by Crippen LogP contribution is 1.96. The van der Waals surface area contributed by atoms with Crippen LogP contribution in [0.5, 0.6) is 0 Å². The molecule has 0 spiro atoms. The van der Waals surface area contributed by atoms with Gasteiger partial charge in [-0.05, 0) is 13.0 Å². The van der Waals surface area contributed by atoms with Crippen molar-refractivity contribution < 1.29 is 14.3 Å². The lowest BCUT2D eigenvalue weighted by Gasteiger charge is -2.03. The largest absolute Gasteiger partial charge is 0.490 e. The van der Waals surface area contributed by atoms with Gasteiger partial charge in [0.2, 0.25) is 0 Å². The van der Waals surface area contributed by atoms with Crippen molar-refractivity contribution in [1.82, 2.24) is 0 Å². The Labute approximate surface area is 67.0 Å². The van der Waals surface area contributed by atoms with E-state index in [0.717, 1.165) is 12.8 Å². The molecule has 0 aliphatic carbocycles. The summed E-state index contributed by atoms with van der Waals surface area (Å²) in [6.07, 6.45) is 1.88. The molecular weight excluding hydrogens is 144 g/mol. The second-order valence-electron chi connectivity index (χ2n) is 2.12. The molecule has 0 aromatic rings. The number of hydrogen-bond acceptors (Lipinski definition) is 3. The Morgan fingerprint density at radius 1 is 1.55 bits per heavy atom. The molecule has 0 saturated heterocycles. The zero-order chi connectivity index (χ0) is 8.69. The molecule has 0 saturated carbocycles. The second-order valence-corrected chi connectivity index (χ2v) is 2.12. The lowest BCUT2D eigenvalue weighted by atomic mass is 10.4. The van der Waals surface area contributed by atoms with E-state index in [9.17, 15) is 4.79 Å². The van der Waals surface area contributed by atoms with E-state index >= 15 is 0 Å².